The van der Waals surface area contributed by atoms with Gasteiger partial charge in [0.15, 0.2) is 11.5 Å². The van der Waals surface area contributed by atoms with E-state index in [-0.39, 0.29) is 18.1 Å². The number of amides is 1. The Kier molecular flexibility index (Phi) is 3.86. The highest BCUT2D eigenvalue weighted by Crippen LogP contribution is 2.38. The number of benzene rings is 1. The lowest BCUT2D eigenvalue weighted by atomic mass is 10.2. The van der Waals surface area contributed by atoms with Gasteiger partial charge in [-0.3, -0.25) is 9.59 Å². The molecule has 0 saturated heterocycles. The molecule has 2 rings (SSSR count). The molecule has 0 spiro atoms. The highest BCUT2D eigenvalue weighted by molar-refractivity contribution is 9.10. The molecule has 96 valence electrons. The first-order valence-corrected chi connectivity index (χ1v) is 6.24. The van der Waals surface area contributed by atoms with Gasteiger partial charge in [-0.15, -0.1) is 0 Å². The number of fused-ring (bicyclic) bond motifs is 1. The monoisotopic (exact) mass is 313 g/mol. The fourth-order valence-corrected chi connectivity index (χ4v) is 2.00. The molecule has 5 nitrogen and oxygen atoms in total. The van der Waals surface area contributed by atoms with Gasteiger partial charge in [-0.05, 0) is 22.9 Å². The van der Waals surface area contributed by atoms with E-state index in [1.54, 1.807) is 12.1 Å². The van der Waals surface area contributed by atoms with Crippen molar-refractivity contribution < 1.29 is 19.1 Å². The van der Waals surface area contributed by atoms with Crippen molar-refractivity contribution in [3.8, 4) is 11.5 Å². The minimum absolute atomic E-state index is 0.138. The minimum Gasteiger partial charge on any atom is -0.486 e. The van der Waals surface area contributed by atoms with Crippen LogP contribution in [-0.4, -0.2) is 24.9 Å². The van der Waals surface area contributed by atoms with Crippen molar-refractivity contribution >= 4 is 33.3 Å². The second-order valence-corrected chi connectivity index (χ2v) is 4.76. The van der Waals surface area contributed by atoms with E-state index in [1.807, 2.05) is 0 Å². The predicted molar refractivity (Wildman–Crippen MR) is 69.1 cm³/mol. The summed E-state index contributed by atoms with van der Waals surface area (Å²) in [5.41, 5.74) is 0.561. The molecule has 6 heteroatoms. The van der Waals surface area contributed by atoms with Crippen molar-refractivity contribution in [2.75, 3.05) is 18.5 Å². The van der Waals surface area contributed by atoms with Crippen molar-refractivity contribution in [2.45, 2.75) is 13.3 Å². The Morgan fingerprint density at radius 2 is 1.89 bits per heavy atom. The molecule has 1 amide bonds. The highest BCUT2D eigenvalue weighted by Gasteiger charge is 2.16. The number of halogens is 1. The van der Waals surface area contributed by atoms with Crippen LogP contribution in [0.3, 0.4) is 0 Å². The van der Waals surface area contributed by atoms with Gasteiger partial charge in [0.1, 0.15) is 19.0 Å². The van der Waals surface area contributed by atoms with Gasteiger partial charge in [0.05, 0.1) is 12.1 Å². The zero-order chi connectivity index (χ0) is 13.1. The van der Waals surface area contributed by atoms with E-state index in [0.29, 0.717) is 34.9 Å². The van der Waals surface area contributed by atoms with Crippen LogP contribution in [0.15, 0.2) is 16.6 Å². The largest absolute Gasteiger partial charge is 0.486 e. The number of nitrogens with one attached hydrogen (secondary N) is 1. The molecule has 0 bridgehead atoms. The summed E-state index contributed by atoms with van der Waals surface area (Å²) < 4.78 is 11.5. The summed E-state index contributed by atoms with van der Waals surface area (Å²) in [6, 6.07) is 3.41. The van der Waals surface area contributed by atoms with E-state index in [2.05, 4.69) is 21.2 Å². The third-order valence-electron chi connectivity index (χ3n) is 2.32. The average molecular weight is 314 g/mol. The van der Waals surface area contributed by atoms with Gasteiger partial charge in [0.25, 0.3) is 0 Å². The molecule has 1 aliphatic rings. The lowest BCUT2D eigenvalue weighted by molar-refractivity contribution is -0.124. The molecule has 0 unspecified atom stereocenters. The van der Waals surface area contributed by atoms with Gasteiger partial charge in [-0.25, -0.2) is 0 Å². The van der Waals surface area contributed by atoms with Crippen LogP contribution in [0.2, 0.25) is 0 Å². The van der Waals surface area contributed by atoms with Gasteiger partial charge >= 0.3 is 0 Å². The van der Waals surface area contributed by atoms with Crippen molar-refractivity contribution in [3.63, 3.8) is 0 Å². The predicted octanol–water partition coefficient (Wildman–Crippen LogP) is 2.14. The van der Waals surface area contributed by atoms with E-state index < -0.39 is 0 Å². The third-order valence-corrected chi connectivity index (χ3v) is 2.97. The lowest BCUT2D eigenvalue weighted by Crippen LogP contribution is -2.17. The Morgan fingerprint density at radius 3 is 2.50 bits per heavy atom. The maximum atomic E-state index is 11.5. The quantitative estimate of drug-likeness (QED) is 0.868. The van der Waals surface area contributed by atoms with Crippen LogP contribution in [-0.2, 0) is 9.59 Å². The number of anilines is 1. The molecule has 18 heavy (non-hydrogen) atoms. The number of ketones is 1. The van der Waals surface area contributed by atoms with Gasteiger partial charge in [0, 0.05) is 16.6 Å². The Labute approximate surface area is 113 Å². The number of carbonyl (C=O) groups excluding carboxylic acids is 2. The second kappa shape index (κ2) is 5.39. The van der Waals surface area contributed by atoms with Crippen molar-refractivity contribution in [2.24, 2.45) is 0 Å². The normalized spacial score (nSPS) is 13.0. The van der Waals surface area contributed by atoms with Gasteiger partial charge < -0.3 is 14.8 Å². The number of hydrogen-bond acceptors (Lipinski definition) is 4. The van der Waals surface area contributed by atoms with Crippen molar-refractivity contribution in [1.82, 2.24) is 0 Å². The Hall–Kier alpha value is -1.56. The second-order valence-electron chi connectivity index (χ2n) is 3.90. The molecule has 1 heterocycles. The van der Waals surface area contributed by atoms with E-state index in [1.165, 1.54) is 6.92 Å². The van der Waals surface area contributed by atoms with Crippen LogP contribution in [0.25, 0.3) is 0 Å². The summed E-state index contributed by atoms with van der Waals surface area (Å²) in [5.74, 6) is 0.696. The number of Topliss-reactive ketones (excluding diaryl/α,β-unsaturated/α-hetero) is 1. The molecule has 1 aliphatic heterocycles. The topological polar surface area (TPSA) is 64.6 Å². The van der Waals surface area contributed by atoms with Crippen LogP contribution in [0.4, 0.5) is 5.69 Å². The summed E-state index contributed by atoms with van der Waals surface area (Å²) in [7, 11) is 0. The molecule has 0 radical (unpaired) electrons. The Morgan fingerprint density at radius 1 is 1.28 bits per heavy atom. The summed E-state index contributed by atoms with van der Waals surface area (Å²) in [6.45, 7) is 2.36. The fraction of sp³-hybridized carbons (Fsp3) is 0.333. The summed E-state index contributed by atoms with van der Waals surface area (Å²) in [6.07, 6.45) is -0.138. The van der Waals surface area contributed by atoms with Gasteiger partial charge in [0.2, 0.25) is 5.91 Å². The first-order chi connectivity index (χ1) is 8.56. The fourth-order valence-electron chi connectivity index (χ4n) is 1.58. The molecule has 1 aromatic rings. The van der Waals surface area contributed by atoms with Crippen LogP contribution < -0.4 is 14.8 Å². The van der Waals surface area contributed by atoms with Crippen molar-refractivity contribution in [1.29, 1.82) is 0 Å². The summed E-state index contributed by atoms with van der Waals surface area (Å²) in [5, 5.41) is 2.65. The van der Waals surface area contributed by atoms with E-state index >= 15 is 0 Å². The summed E-state index contributed by atoms with van der Waals surface area (Å²) >= 11 is 3.33. The molecule has 0 aromatic heterocycles. The summed E-state index contributed by atoms with van der Waals surface area (Å²) in [4.78, 5) is 22.4. The van der Waals surface area contributed by atoms with Crippen LogP contribution in [0.1, 0.15) is 13.3 Å². The molecule has 0 aliphatic carbocycles. The molecule has 0 atom stereocenters. The number of ether oxygens (including phenoxy) is 2. The molecule has 1 aromatic carbocycles. The molecular formula is C12H12BrNO4. The lowest BCUT2D eigenvalue weighted by Gasteiger charge is -2.20. The van der Waals surface area contributed by atoms with Crippen LogP contribution in [0, 0.1) is 0 Å². The van der Waals surface area contributed by atoms with E-state index in [9.17, 15) is 9.59 Å². The van der Waals surface area contributed by atoms with E-state index in [4.69, 9.17) is 9.47 Å². The number of carbonyl (C=O) groups is 2. The Bertz CT molecular complexity index is 501. The Balaban J connectivity index is 2.18. The zero-order valence-corrected chi connectivity index (χ0v) is 11.4. The molecule has 0 fully saturated rings. The van der Waals surface area contributed by atoms with Gasteiger partial charge in [-0.1, -0.05) is 0 Å². The maximum absolute atomic E-state index is 11.5. The zero-order valence-electron chi connectivity index (χ0n) is 9.79. The SMILES string of the molecule is CC(=O)CC(=O)Nc1cc2c(cc1Br)OCCO2. The third kappa shape index (κ3) is 3.01. The minimum atomic E-state index is -0.347. The molecular weight excluding hydrogens is 302 g/mol. The number of hydrogen-bond donors (Lipinski definition) is 1. The standard InChI is InChI=1S/C12H12BrNO4/c1-7(15)4-12(16)14-9-6-11-10(5-8(9)13)17-2-3-18-11/h5-6H,2-4H2,1H3,(H,14,16). The first-order valence-electron chi connectivity index (χ1n) is 5.44. The van der Waals surface area contributed by atoms with Gasteiger partial charge in [-0.2, -0.15) is 0 Å². The average Bonchev–Trinajstić information content (AvgIpc) is 2.29. The van der Waals surface area contributed by atoms with E-state index in [0.717, 1.165) is 0 Å². The maximum Gasteiger partial charge on any atom is 0.231 e. The van der Waals surface area contributed by atoms with Crippen LogP contribution >= 0.6 is 15.9 Å². The molecule has 0 saturated carbocycles. The molecule has 1 N–H and O–H groups in total. The number of rotatable bonds is 3. The first kappa shape index (κ1) is 12.9. The van der Waals surface area contributed by atoms with Crippen LogP contribution in [0.5, 0.6) is 11.5 Å². The highest BCUT2D eigenvalue weighted by atomic mass is 79.9. The van der Waals surface area contributed by atoms with Crippen molar-refractivity contribution in [3.05, 3.63) is 16.6 Å². The smallest absolute Gasteiger partial charge is 0.231 e.